The number of carbonyl (C=O) groups excluding carboxylic acids is 1. The van der Waals surface area contributed by atoms with Gasteiger partial charge in [0.15, 0.2) is 11.2 Å². The first kappa shape index (κ1) is 30.8. The van der Waals surface area contributed by atoms with Crippen molar-refractivity contribution in [2.24, 2.45) is 5.41 Å². The molecule has 1 aromatic carbocycles. The number of pyridine rings is 2. The summed E-state index contributed by atoms with van der Waals surface area (Å²) in [5, 5.41) is 9.04. The first-order chi connectivity index (χ1) is 21.8. The summed E-state index contributed by atoms with van der Waals surface area (Å²) < 4.78 is 48.9. The number of rotatable bonds is 7. The van der Waals surface area contributed by atoms with Gasteiger partial charge in [0.25, 0.3) is 0 Å². The molecular formula is C34H39N5O6S. The Balaban J connectivity index is 1.33. The lowest BCUT2D eigenvalue weighted by Gasteiger charge is -2.41. The van der Waals surface area contributed by atoms with Gasteiger partial charge < -0.3 is 14.2 Å². The molecular weight excluding hydrogens is 606 g/mol. The summed E-state index contributed by atoms with van der Waals surface area (Å²) in [6.07, 6.45) is 5.83. The largest absolute Gasteiger partial charge is 0.469 e. The number of aryl methyl sites for hydroxylation is 3. The SMILES string of the molecule is COC(=O)C(C)(C)[C@H](c1ccc(C)c(CN2CC3(COC3)Oc3ncc(C)cc3S2(=O)=O)c1)c1ccn2c(C3CC3)nnc2c1C. The fourth-order valence-electron chi connectivity index (χ4n) is 6.84. The summed E-state index contributed by atoms with van der Waals surface area (Å²) in [4.78, 5) is 17.8. The average Bonchev–Trinajstić information content (AvgIpc) is 3.77. The number of esters is 1. The van der Waals surface area contributed by atoms with Crippen LogP contribution in [0.3, 0.4) is 0 Å². The molecule has 11 nitrogen and oxygen atoms in total. The van der Waals surface area contributed by atoms with Gasteiger partial charge in [0.1, 0.15) is 10.7 Å². The fourth-order valence-corrected chi connectivity index (χ4v) is 8.48. The maximum absolute atomic E-state index is 14.2. The Labute approximate surface area is 269 Å². The monoisotopic (exact) mass is 645 g/mol. The molecule has 1 saturated carbocycles. The van der Waals surface area contributed by atoms with E-state index in [1.54, 1.807) is 12.3 Å². The smallest absolute Gasteiger partial charge is 0.312 e. The summed E-state index contributed by atoms with van der Waals surface area (Å²) in [6, 6.07) is 9.69. The molecule has 5 heterocycles. The van der Waals surface area contributed by atoms with E-state index < -0.39 is 27.0 Å². The van der Waals surface area contributed by atoms with E-state index in [9.17, 15) is 13.2 Å². The van der Waals surface area contributed by atoms with Crippen LogP contribution in [-0.2, 0) is 30.8 Å². The molecule has 3 aliphatic rings. The molecule has 1 atom stereocenters. The number of hydrogen-bond donors (Lipinski definition) is 0. The van der Waals surface area contributed by atoms with Crippen molar-refractivity contribution in [2.75, 3.05) is 26.9 Å². The van der Waals surface area contributed by atoms with E-state index in [2.05, 4.69) is 25.6 Å². The highest BCUT2D eigenvalue weighted by Gasteiger charge is 2.50. The van der Waals surface area contributed by atoms with Crippen LogP contribution in [0, 0.1) is 26.2 Å². The summed E-state index contributed by atoms with van der Waals surface area (Å²) in [5.74, 6) is 0.729. The van der Waals surface area contributed by atoms with Crippen LogP contribution in [0.15, 0.2) is 47.6 Å². The molecule has 46 heavy (non-hydrogen) atoms. The number of nitrogens with zero attached hydrogens (tertiary/aromatic N) is 5. The minimum absolute atomic E-state index is 0.0533. The number of aromatic nitrogens is 4. The molecule has 2 aliphatic heterocycles. The van der Waals surface area contributed by atoms with Crippen LogP contribution in [-0.4, -0.2) is 70.7 Å². The number of ether oxygens (including phenoxy) is 3. The van der Waals surface area contributed by atoms with Crippen molar-refractivity contribution in [1.82, 2.24) is 23.9 Å². The molecule has 1 spiro atoms. The molecule has 1 aliphatic carbocycles. The predicted molar refractivity (Wildman–Crippen MR) is 169 cm³/mol. The minimum Gasteiger partial charge on any atom is -0.469 e. The van der Waals surface area contributed by atoms with Gasteiger partial charge in [-0.2, -0.15) is 4.31 Å². The van der Waals surface area contributed by atoms with Gasteiger partial charge in [-0.25, -0.2) is 13.4 Å². The van der Waals surface area contributed by atoms with E-state index in [0.717, 1.165) is 57.7 Å². The van der Waals surface area contributed by atoms with Gasteiger partial charge in [0, 0.05) is 30.8 Å². The maximum atomic E-state index is 14.2. The van der Waals surface area contributed by atoms with Crippen LogP contribution in [0.1, 0.15) is 77.7 Å². The molecule has 0 radical (unpaired) electrons. The lowest BCUT2D eigenvalue weighted by molar-refractivity contribution is -0.166. The van der Waals surface area contributed by atoms with E-state index in [1.165, 1.54) is 11.4 Å². The van der Waals surface area contributed by atoms with Crippen LogP contribution in [0.25, 0.3) is 5.65 Å². The zero-order valence-corrected chi connectivity index (χ0v) is 27.8. The Bertz CT molecular complexity index is 1980. The Kier molecular flexibility index (Phi) is 7.26. The Morgan fingerprint density at radius 2 is 1.89 bits per heavy atom. The number of methoxy groups -OCH3 is 1. The van der Waals surface area contributed by atoms with Crippen LogP contribution in [0.2, 0.25) is 0 Å². The quantitative estimate of drug-likeness (QED) is 0.265. The van der Waals surface area contributed by atoms with Gasteiger partial charge >= 0.3 is 5.97 Å². The fraction of sp³-hybridized carbons (Fsp3) is 0.471. The highest BCUT2D eigenvalue weighted by Crippen LogP contribution is 2.45. The van der Waals surface area contributed by atoms with E-state index in [0.29, 0.717) is 5.92 Å². The molecule has 0 unspecified atom stereocenters. The zero-order chi connectivity index (χ0) is 32.6. The molecule has 2 fully saturated rings. The van der Waals surface area contributed by atoms with E-state index >= 15 is 0 Å². The van der Waals surface area contributed by atoms with Gasteiger partial charge in [-0.15, -0.1) is 10.2 Å². The lowest BCUT2D eigenvalue weighted by atomic mass is 9.70. The minimum atomic E-state index is -3.97. The molecule has 0 N–H and O–H groups in total. The maximum Gasteiger partial charge on any atom is 0.312 e. The Hall–Kier alpha value is -3.87. The number of sulfonamides is 1. The summed E-state index contributed by atoms with van der Waals surface area (Å²) in [5.41, 5.74) is 4.20. The molecule has 0 amide bonds. The number of benzene rings is 1. The topological polar surface area (TPSA) is 125 Å². The third-order valence-electron chi connectivity index (χ3n) is 9.71. The summed E-state index contributed by atoms with van der Waals surface area (Å²) in [6.45, 7) is 10.3. The normalized spacial score (nSPS) is 19.6. The van der Waals surface area contributed by atoms with Crippen LogP contribution in [0.5, 0.6) is 5.88 Å². The number of carbonyl (C=O) groups is 1. The Morgan fingerprint density at radius 1 is 1.13 bits per heavy atom. The second-order valence-corrected chi connectivity index (χ2v) is 15.5. The van der Waals surface area contributed by atoms with Gasteiger partial charge in [-0.3, -0.25) is 9.20 Å². The zero-order valence-electron chi connectivity index (χ0n) is 27.0. The van der Waals surface area contributed by atoms with E-state index in [1.807, 2.05) is 59.0 Å². The molecule has 4 aromatic rings. The van der Waals surface area contributed by atoms with Crippen molar-refractivity contribution in [1.29, 1.82) is 0 Å². The van der Waals surface area contributed by atoms with Crippen LogP contribution in [0.4, 0.5) is 0 Å². The standard InChI is InChI=1S/C34H39N5O6S/c1-20-13-27-31(35-15-20)45-34(18-44-19-34)17-38(46(27,41)42)16-25-14-24(8-7-21(25)2)28(33(4,5)32(40)43-6)26-11-12-39-29(22(26)3)36-37-30(39)23-9-10-23/h7-8,11-15,23,28H,9-10,16-19H2,1-6H3/t28-/m1/s1. The number of fused-ring (bicyclic) bond motifs is 2. The first-order valence-corrected chi connectivity index (χ1v) is 17.0. The van der Waals surface area contributed by atoms with Crippen molar-refractivity contribution in [3.05, 3.63) is 81.9 Å². The van der Waals surface area contributed by atoms with E-state index in [-0.39, 0.29) is 43.0 Å². The molecule has 7 rings (SSSR count). The second kappa shape index (κ2) is 10.9. The van der Waals surface area contributed by atoms with Crippen molar-refractivity contribution in [3.63, 3.8) is 0 Å². The second-order valence-electron chi connectivity index (χ2n) is 13.6. The number of hydrogen-bond acceptors (Lipinski definition) is 9. The van der Waals surface area contributed by atoms with Gasteiger partial charge in [0.2, 0.25) is 15.9 Å². The summed E-state index contributed by atoms with van der Waals surface area (Å²) >= 11 is 0. The third kappa shape index (κ3) is 4.98. The average molecular weight is 646 g/mol. The molecule has 12 heteroatoms. The van der Waals surface area contributed by atoms with Crippen LogP contribution >= 0.6 is 0 Å². The van der Waals surface area contributed by atoms with Gasteiger partial charge in [0.05, 0.1) is 32.3 Å². The molecule has 3 aromatic heterocycles. The third-order valence-corrected chi connectivity index (χ3v) is 11.5. The molecule has 242 valence electrons. The van der Waals surface area contributed by atoms with Crippen LogP contribution < -0.4 is 4.74 Å². The van der Waals surface area contributed by atoms with E-state index in [4.69, 9.17) is 14.2 Å². The Morgan fingerprint density at radius 3 is 2.57 bits per heavy atom. The van der Waals surface area contributed by atoms with Gasteiger partial charge in [-0.05, 0) is 93.0 Å². The van der Waals surface area contributed by atoms with Crippen molar-refractivity contribution >= 4 is 21.6 Å². The lowest BCUT2D eigenvalue weighted by Crippen LogP contribution is -2.60. The first-order valence-electron chi connectivity index (χ1n) is 15.6. The molecule has 0 bridgehead atoms. The summed E-state index contributed by atoms with van der Waals surface area (Å²) in [7, 11) is -2.57. The van der Waals surface area contributed by atoms with Crippen molar-refractivity contribution in [3.8, 4) is 5.88 Å². The van der Waals surface area contributed by atoms with Crippen molar-refractivity contribution in [2.45, 2.75) is 76.3 Å². The highest BCUT2D eigenvalue weighted by molar-refractivity contribution is 7.89. The van der Waals surface area contributed by atoms with Crippen molar-refractivity contribution < 1.29 is 27.4 Å². The highest BCUT2D eigenvalue weighted by atomic mass is 32.2. The molecule has 1 saturated heterocycles. The predicted octanol–water partition coefficient (Wildman–Crippen LogP) is 4.61. The van der Waals surface area contributed by atoms with Gasteiger partial charge in [-0.1, -0.05) is 18.2 Å².